The summed E-state index contributed by atoms with van der Waals surface area (Å²) < 4.78 is 5.41. The summed E-state index contributed by atoms with van der Waals surface area (Å²) in [5, 5.41) is 8.22. The number of nitrogens with one attached hydrogen (secondary N) is 3. The maximum atomic E-state index is 12.4. The third kappa shape index (κ3) is 4.39. The predicted octanol–water partition coefficient (Wildman–Crippen LogP) is 2.50. The molecule has 0 bridgehead atoms. The number of hydrogen-bond donors (Lipinski definition) is 3. The SMILES string of the molecule is O=c1[nH]c(CSC2CCOCC2)nc2cc(NC3CCCNC3)ccc12. The van der Waals surface area contributed by atoms with Crippen molar-refractivity contribution < 1.29 is 4.74 Å². The summed E-state index contributed by atoms with van der Waals surface area (Å²) in [6, 6.07) is 6.29. The molecule has 2 aromatic rings. The molecule has 7 heteroatoms. The monoisotopic (exact) mass is 374 g/mol. The van der Waals surface area contributed by atoms with E-state index in [4.69, 9.17) is 9.72 Å². The highest BCUT2D eigenvalue weighted by Gasteiger charge is 2.16. The number of benzene rings is 1. The number of rotatable bonds is 5. The van der Waals surface area contributed by atoms with Crippen molar-refractivity contribution in [2.45, 2.75) is 42.7 Å². The van der Waals surface area contributed by atoms with Gasteiger partial charge in [-0.25, -0.2) is 4.98 Å². The van der Waals surface area contributed by atoms with Crippen molar-refractivity contribution in [3.05, 3.63) is 34.4 Å². The standard InChI is InChI=1S/C19H26N4O2S/c24-19-16-4-3-13(21-14-2-1-7-20-11-14)10-17(16)22-18(23-19)12-26-15-5-8-25-9-6-15/h3-4,10,14-15,20-21H,1-2,5-9,11-12H2,(H,22,23,24). The van der Waals surface area contributed by atoms with Crippen molar-refractivity contribution in [2.24, 2.45) is 0 Å². The first kappa shape index (κ1) is 17.8. The number of aromatic amines is 1. The molecule has 2 fully saturated rings. The first-order valence-electron chi connectivity index (χ1n) is 9.47. The summed E-state index contributed by atoms with van der Waals surface area (Å²) in [7, 11) is 0. The molecule has 0 radical (unpaired) electrons. The number of thioether (sulfide) groups is 1. The van der Waals surface area contributed by atoms with Crippen LogP contribution in [0, 0.1) is 0 Å². The third-order valence-corrected chi connectivity index (χ3v) is 6.43. The molecule has 0 spiro atoms. The second-order valence-corrected chi connectivity index (χ2v) is 8.34. The zero-order chi connectivity index (χ0) is 17.8. The largest absolute Gasteiger partial charge is 0.381 e. The average Bonchev–Trinajstić information content (AvgIpc) is 2.68. The normalized spacial score (nSPS) is 21.8. The minimum Gasteiger partial charge on any atom is -0.381 e. The fourth-order valence-corrected chi connectivity index (χ4v) is 4.65. The number of nitrogens with zero attached hydrogens (tertiary/aromatic N) is 1. The Hall–Kier alpha value is -1.57. The number of hydrogen-bond acceptors (Lipinski definition) is 6. The van der Waals surface area contributed by atoms with Crippen LogP contribution >= 0.6 is 11.8 Å². The molecule has 1 aromatic carbocycles. The van der Waals surface area contributed by atoms with E-state index in [1.165, 1.54) is 12.8 Å². The summed E-state index contributed by atoms with van der Waals surface area (Å²) in [6.45, 7) is 3.75. The molecule has 2 aliphatic rings. The molecule has 3 N–H and O–H groups in total. The van der Waals surface area contributed by atoms with E-state index in [9.17, 15) is 4.79 Å². The van der Waals surface area contributed by atoms with Gasteiger partial charge < -0.3 is 20.4 Å². The zero-order valence-corrected chi connectivity index (χ0v) is 15.7. The lowest BCUT2D eigenvalue weighted by Crippen LogP contribution is -2.38. The molecule has 0 aliphatic carbocycles. The van der Waals surface area contributed by atoms with Gasteiger partial charge >= 0.3 is 0 Å². The van der Waals surface area contributed by atoms with Gasteiger partial charge in [-0.15, -0.1) is 0 Å². The summed E-state index contributed by atoms with van der Waals surface area (Å²) in [6.07, 6.45) is 4.51. The summed E-state index contributed by atoms with van der Waals surface area (Å²) in [4.78, 5) is 20.0. The summed E-state index contributed by atoms with van der Waals surface area (Å²) >= 11 is 1.86. The van der Waals surface area contributed by atoms with Gasteiger partial charge in [-0.2, -0.15) is 11.8 Å². The number of H-pyrrole nitrogens is 1. The first-order valence-corrected chi connectivity index (χ1v) is 10.5. The fourth-order valence-electron chi connectivity index (χ4n) is 3.60. The summed E-state index contributed by atoms with van der Waals surface area (Å²) in [5.41, 5.74) is 1.75. The van der Waals surface area contributed by atoms with Crippen LogP contribution in [0.5, 0.6) is 0 Å². The molecule has 1 atom stereocenters. The molecule has 26 heavy (non-hydrogen) atoms. The van der Waals surface area contributed by atoms with E-state index in [1.807, 2.05) is 30.0 Å². The maximum absolute atomic E-state index is 12.4. The van der Waals surface area contributed by atoms with Crippen molar-refractivity contribution in [3.8, 4) is 0 Å². The first-order chi connectivity index (χ1) is 12.8. The average molecular weight is 375 g/mol. The second-order valence-electron chi connectivity index (χ2n) is 7.05. The summed E-state index contributed by atoms with van der Waals surface area (Å²) in [5.74, 6) is 1.50. The highest BCUT2D eigenvalue weighted by molar-refractivity contribution is 7.99. The Bertz CT molecular complexity index is 798. The molecular weight excluding hydrogens is 348 g/mol. The van der Waals surface area contributed by atoms with E-state index in [0.717, 1.165) is 61.9 Å². The van der Waals surface area contributed by atoms with Crippen LogP contribution in [-0.2, 0) is 10.5 Å². The van der Waals surface area contributed by atoms with E-state index < -0.39 is 0 Å². The van der Waals surface area contributed by atoms with E-state index in [0.29, 0.717) is 16.7 Å². The van der Waals surface area contributed by atoms with Gasteiger partial charge in [0.05, 0.1) is 16.7 Å². The Morgan fingerprint density at radius 1 is 1.27 bits per heavy atom. The topological polar surface area (TPSA) is 79.0 Å². The van der Waals surface area contributed by atoms with Gasteiger partial charge in [-0.3, -0.25) is 4.79 Å². The van der Waals surface area contributed by atoms with Crippen molar-refractivity contribution in [3.63, 3.8) is 0 Å². The van der Waals surface area contributed by atoms with Crippen molar-refractivity contribution in [1.82, 2.24) is 15.3 Å². The number of piperidine rings is 1. The number of ether oxygens (including phenoxy) is 1. The number of anilines is 1. The zero-order valence-electron chi connectivity index (χ0n) is 14.9. The second kappa shape index (κ2) is 8.41. The number of fused-ring (bicyclic) bond motifs is 1. The molecule has 6 nitrogen and oxygen atoms in total. The van der Waals surface area contributed by atoms with E-state index in [2.05, 4.69) is 15.6 Å². The Kier molecular flexibility index (Phi) is 5.77. The molecule has 1 aromatic heterocycles. The molecule has 1 unspecified atom stereocenters. The van der Waals surface area contributed by atoms with Gasteiger partial charge in [0.2, 0.25) is 0 Å². The molecule has 2 saturated heterocycles. The lowest BCUT2D eigenvalue weighted by atomic mass is 10.1. The van der Waals surface area contributed by atoms with Crippen LogP contribution < -0.4 is 16.2 Å². The van der Waals surface area contributed by atoms with Crippen LogP contribution in [0.25, 0.3) is 10.9 Å². The Balaban J connectivity index is 1.48. The van der Waals surface area contributed by atoms with Gasteiger partial charge in [-0.1, -0.05) is 0 Å². The Morgan fingerprint density at radius 2 is 2.15 bits per heavy atom. The van der Waals surface area contributed by atoms with E-state index >= 15 is 0 Å². The van der Waals surface area contributed by atoms with Crippen LogP contribution in [0.15, 0.2) is 23.0 Å². The van der Waals surface area contributed by atoms with Crippen molar-refractivity contribution >= 4 is 28.4 Å². The predicted molar refractivity (Wildman–Crippen MR) is 107 cm³/mol. The quantitative estimate of drug-likeness (QED) is 0.746. The van der Waals surface area contributed by atoms with Crippen molar-refractivity contribution in [1.29, 1.82) is 0 Å². The van der Waals surface area contributed by atoms with E-state index in [1.54, 1.807) is 0 Å². The van der Waals surface area contributed by atoms with Gasteiger partial charge in [-0.05, 0) is 50.4 Å². The minimum atomic E-state index is -0.0524. The van der Waals surface area contributed by atoms with Gasteiger partial charge in [0, 0.05) is 36.7 Å². The van der Waals surface area contributed by atoms with Crippen LogP contribution in [0.4, 0.5) is 5.69 Å². The third-order valence-electron chi connectivity index (χ3n) is 5.05. The smallest absolute Gasteiger partial charge is 0.258 e. The Labute approximate surface area is 157 Å². The molecular formula is C19H26N4O2S. The van der Waals surface area contributed by atoms with Crippen LogP contribution in [0.1, 0.15) is 31.5 Å². The fraction of sp³-hybridized carbons (Fsp3) is 0.579. The maximum Gasteiger partial charge on any atom is 0.258 e. The molecule has 0 amide bonds. The molecule has 3 heterocycles. The van der Waals surface area contributed by atoms with Crippen LogP contribution in [0.3, 0.4) is 0 Å². The lowest BCUT2D eigenvalue weighted by molar-refractivity contribution is 0.1000. The molecule has 0 saturated carbocycles. The minimum absolute atomic E-state index is 0.0524. The molecule has 4 rings (SSSR count). The number of aromatic nitrogens is 2. The van der Waals surface area contributed by atoms with Crippen LogP contribution in [-0.4, -0.2) is 47.6 Å². The highest BCUT2D eigenvalue weighted by atomic mass is 32.2. The van der Waals surface area contributed by atoms with Crippen LogP contribution in [0.2, 0.25) is 0 Å². The molecule has 2 aliphatic heterocycles. The van der Waals surface area contributed by atoms with Gasteiger partial charge in [0.15, 0.2) is 0 Å². The lowest BCUT2D eigenvalue weighted by Gasteiger charge is -2.24. The van der Waals surface area contributed by atoms with Gasteiger partial charge in [0.1, 0.15) is 5.82 Å². The Morgan fingerprint density at radius 3 is 2.96 bits per heavy atom. The van der Waals surface area contributed by atoms with Gasteiger partial charge in [0.25, 0.3) is 5.56 Å². The van der Waals surface area contributed by atoms with Crippen molar-refractivity contribution in [2.75, 3.05) is 31.6 Å². The highest BCUT2D eigenvalue weighted by Crippen LogP contribution is 2.25. The van der Waals surface area contributed by atoms with E-state index in [-0.39, 0.29) is 5.56 Å². The molecule has 140 valence electrons.